The normalized spacial score (nSPS) is 13.4. The molecule has 0 atom stereocenters. The lowest BCUT2D eigenvalue weighted by molar-refractivity contribution is 0.0512. The Morgan fingerprint density at radius 1 is 1.33 bits per heavy atom. The van der Waals surface area contributed by atoms with Crippen LogP contribution in [0.1, 0.15) is 49.7 Å². The van der Waals surface area contributed by atoms with Crippen molar-refractivity contribution in [1.29, 1.82) is 0 Å². The van der Waals surface area contributed by atoms with Crippen LogP contribution in [0.5, 0.6) is 0 Å². The average Bonchev–Trinajstić information content (AvgIpc) is 3.44. The van der Waals surface area contributed by atoms with Gasteiger partial charge in [-0.1, -0.05) is 0 Å². The van der Waals surface area contributed by atoms with E-state index in [1.54, 1.807) is 47.2 Å². The van der Waals surface area contributed by atoms with Crippen molar-refractivity contribution in [2.75, 3.05) is 13.2 Å². The molecule has 0 spiro atoms. The highest BCUT2D eigenvalue weighted by Gasteiger charge is 2.31. The molecule has 0 unspecified atom stereocenters. The lowest BCUT2D eigenvalue weighted by Gasteiger charge is -2.27. The van der Waals surface area contributed by atoms with Gasteiger partial charge in [0.1, 0.15) is 5.69 Å². The predicted octanol–water partition coefficient (Wildman–Crippen LogP) is 2.00. The Balaban J connectivity index is 1.61. The van der Waals surface area contributed by atoms with E-state index in [-0.39, 0.29) is 12.5 Å². The molecular weight excluding hydrogens is 404 g/mol. The van der Waals surface area contributed by atoms with Gasteiger partial charge < -0.3 is 9.64 Å². The maximum Gasteiger partial charge on any atom is 0.359 e. The van der Waals surface area contributed by atoms with Gasteiger partial charge in [-0.3, -0.25) is 14.2 Å². The molecule has 0 saturated carbocycles. The zero-order valence-corrected chi connectivity index (χ0v) is 18.1. The molecule has 1 aliphatic heterocycles. The number of aromatic nitrogens is 5. The Morgan fingerprint density at radius 2 is 2.17 bits per heavy atom. The van der Waals surface area contributed by atoms with Crippen LogP contribution in [0.25, 0.3) is 0 Å². The molecular formula is C20H24N6O3S. The summed E-state index contributed by atoms with van der Waals surface area (Å²) >= 11 is 1.63. The third-order valence-electron chi connectivity index (χ3n) is 5.33. The van der Waals surface area contributed by atoms with Gasteiger partial charge in [-0.25, -0.2) is 9.78 Å². The summed E-state index contributed by atoms with van der Waals surface area (Å²) in [5, 5.41) is 8.67. The van der Waals surface area contributed by atoms with Crippen LogP contribution < -0.4 is 0 Å². The fraction of sp³-hybridized carbons (Fsp3) is 0.450. The Morgan fingerprint density at radius 3 is 2.83 bits per heavy atom. The summed E-state index contributed by atoms with van der Waals surface area (Å²) in [5.41, 5.74) is 5.46. The van der Waals surface area contributed by atoms with E-state index in [0.717, 1.165) is 23.4 Å². The average molecular weight is 429 g/mol. The number of nitrogens with zero attached hydrogens (tertiary/aromatic N) is 6. The van der Waals surface area contributed by atoms with E-state index in [4.69, 9.17) is 4.74 Å². The highest BCUT2D eigenvalue weighted by Crippen LogP contribution is 2.25. The van der Waals surface area contributed by atoms with Gasteiger partial charge in [0.05, 0.1) is 24.4 Å². The van der Waals surface area contributed by atoms with Gasteiger partial charge in [0.25, 0.3) is 5.91 Å². The second-order valence-corrected chi connectivity index (χ2v) is 8.08. The minimum absolute atomic E-state index is 0.108. The molecule has 4 heterocycles. The van der Waals surface area contributed by atoms with E-state index in [1.807, 2.05) is 17.1 Å². The van der Waals surface area contributed by atoms with E-state index in [0.29, 0.717) is 37.4 Å². The maximum absolute atomic E-state index is 12.9. The van der Waals surface area contributed by atoms with Crippen molar-refractivity contribution < 1.29 is 14.3 Å². The van der Waals surface area contributed by atoms with Gasteiger partial charge in [0.2, 0.25) is 0 Å². The zero-order valence-electron chi connectivity index (χ0n) is 17.3. The first kappa shape index (κ1) is 20.3. The van der Waals surface area contributed by atoms with Crippen LogP contribution >= 0.6 is 11.3 Å². The Bertz CT molecular complexity index is 1080. The molecule has 4 rings (SSSR count). The molecule has 3 aromatic heterocycles. The summed E-state index contributed by atoms with van der Waals surface area (Å²) in [6, 6.07) is 1.70. The number of fused-ring (bicyclic) bond motifs is 1. The second-order valence-electron chi connectivity index (χ2n) is 7.15. The second kappa shape index (κ2) is 8.39. The van der Waals surface area contributed by atoms with Gasteiger partial charge in [0.15, 0.2) is 5.69 Å². The Hall–Kier alpha value is -3.01. The lowest BCUT2D eigenvalue weighted by atomic mass is 10.0. The molecule has 9 nitrogen and oxygen atoms in total. The first-order valence-corrected chi connectivity index (χ1v) is 10.8. The van der Waals surface area contributed by atoms with Gasteiger partial charge >= 0.3 is 5.97 Å². The van der Waals surface area contributed by atoms with E-state index in [2.05, 4.69) is 15.2 Å². The smallest absolute Gasteiger partial charge is 0.359 e. The number of esters is 1. The largest absolute Gasteiger partial charge is 0.461 e. The van der Waals surface area contributed by atoms with Crippen LogP contribution in [0.4, 0.5) is 0 Å². The number of carbonyl (C=O) groups is 2. The van der Waals surface area contributed by atoms with Crippen molar-refractivity contribution in [3.8, 4) is 0 Å². The predicted molar refractivity (Wildman–Crippen MR) is 110 cm³/mol. The summed E-state index contributed by atoms with van der Waals surface area (Å²) in [6.07, 6.45) is 3.03. The van der Waals surface area contributed by atoms with Crippen molar-refractivity contribution in [2.45, 2.75) is 39.8 Å². The number of hydrogen-bond acceptors (Lipinski definition) is 7. The van der Waals surface area contributed by atoms with E-state index in [1.165, 1.54) is 4.88 Å². The SMILES string of the molecule is CCOC(=O)c1nn(CCc2scnc2C)c2c1CN(C(=O)c1ccnn1C)CC2. The first-order chi connectivity index (χ1) is 14.5. The number of carbonyl (C=O) groups excluding carboxylic acids is 2. The topological polar surface area (TPSA) is 95.1 Å². The number of rotatable bonds is 6. The van der Waals surface area contributed by atoms with Gasteiger partial charge in [-0.15, -0.1) is 11.3 Å². The number of aryl methyl sites for hydroxylation is 4. The summed E-state index contributed by atoms with van der Waals surface area (Å²) in [6.45, 7) is 5.58. The van der Waals surface area contributed by atoms with Crippen LogP contribution in [-0.2, 0) is 37.7 Å². The van der Waals surface area contributed by atoms with E-state index in [9.17, 15) is 9.59 Å². The third-order valence-corrected chi connectivity index (χ3v) is 6.32. The highest BCUT2D eigenvalue weighted by atomic mass is 32.1. The number of thiazole rings is 1. The Kier molecular flexibility index (Phi) is 5.67. The first-order valence-electron chi connectivity index (χ1n) is 9.91. The van der Waals surface area contributed by atoms with Gasteiger partial charge in [-0.2, -0.15) is 10.2 Å². The summed E-state index contributed by atoms with van der Waals surface area (Å²) < 4.78 is 8.68. The zero-order chi connectivity index (χ0) is 21.3. The van der Waals surface area contributed by atoms with Gasteiger partial charge in [0, 0.05) is 55.3 Å². The molecule has 10 heteroatoms. The minimum atomic E-state index is -0.448. The highest BCUT2D eigenvalue weighted by molar-refractivity contribution is 7.09. The maximum atomic E-state index is 12.9. The Labute approximate surface area is 178 Å². The number of ether oxygens (including phenoxy) is 1. The van der Waals surface area contributed by atoms with Crippen molar-refractivity contribution in [3.05, 3.63) is 51.0 Å². The molecule has 0 aliphatic carbocycles. The molecule has 30 heavy (non-hydrogen) atoms. The van der Waals surface area contributed by atoms with Crippen LogP contribution in [-0.4, -0.2) is 54.5 Å². The van der Waals surface area contributed by atoms with Crippen LogP contribution in [0.3, 0.4) is 0 Å². The lowest BCUT2D eigenvalue weighted by Crippen LogP contribution is -2.37. The summed E-state index contributed by atoms with van der Waals surface area (Å²) in [4.78, 5) is 32.7. The molecule has 0 bridgehead atoms. The summed E-state index contributed by atoms with van der Waals surface area (Å²) in [7, 11) is 1.74. The molecule has 158 valence electrons. The molecule has 1 aliphatic rings. The monoisotopic (exact) mass is 428 g/mol. The number of hydrogen-bond donors (Lipinski definition) is 0. The molecule has 1 amide bonds. The van der Waals surface area contributed by atoms with E-state index < -0.39 is 5.97 Å². The molecule has 0 saturated heterocycles. The van der Waals surface area contributed by atoms with Crippen molar-refractivity contribution in [2.24, 2.45) is 7.05 Å². The standard InChI is InChI=1S/C20H24N6O3S/c1-4-29-20(28)18-14-11-25(19(27)16-5-8-22-24(16)3)9-6-15(14)26(23-18)10-7-17-13(2)21-12-30-17/h5,8,12H,4,6-7,9-11H2,1-3H3. The fourth-order valence-corrected chi connectivity index (χ4v) is 4.50. The minimum Gasteiger partial charge on any atom is -0.461 e. The van der Waals surface area contributed by atoms with Gasteiger partial charge in [-0.05, 0) is 19.9 Å². The molecule has 0 radical (unpaired) electrons. The van der Waals surface area contributed by atoms with Crippen LogP contribution in [0.15, 0.2) is 17.8 Å². The van der Waals surface area contributed by atoms with Crippen molar-refractivity contribution in [3.63, 3.8) is 0 Å². The fourth-order valence-electron chi connectivity index (χ4n) is 3.73. The summed E-state index contributed by atoms with van der Waals surface area (Å²) in [5.74, 6) is -0.556. The molecule has 0 N–H and O–H groups in total. The quantitative estimate of drug-likeness (QED) is 0.558. The van der Waals surface area contributed by atoms with Crippen LogP contribution in [0.2, 0.25) is 0 Å². The van der Waals surface area contributed by atoms with Crippen molar-refractivity contribution >= 4 is 23.2 Å². The molecule has 3 aromatic rings. The van der Waals surface area contributed by atoms with E-state index >= 15 is 0 Å². The third kappa shape index (κ3) is 3.74. The number of amides is 1. The van der Waals surface area contributed by atoms with Crippen LogP contribution in [0, 0.1) is 6.92 Å². The van der Waals surface area contributed by atoms with Crippen molar-refractivity contribution in [1.82, 2.24) is 29.4 Å². The molecule has 0 aromatic carbocycles. The molecule has 0 fully saturated rings.